The summed E-state index contributed by atoms with van der Waals surface area (Å²) in [7, 11) is 0. The normalized spacial score (nSPS) is 10.1. The first-order valence-electron chi connectivity index (χ1n) is 9.00. The highest BCUT2D eigenvalue weighted by molar-refractivity contribution is 5.89. The highest BCUT2D eigenvalue weighted by atomic mass is 16.5. The average Bonchev–Trinajstić information content (AvgIpc) is 2.68. The zero-order valence-corrected chi connectivity index (χ0v) is 15.5. The molecule has 0 aromatic heterocycles. The number of aliphatic hydroxyl groups excluding tert-OH is 1. The molecule has 0 spiro atoms. The van der Waals surface area contributed by atoms with Crippen molar-refractivity contribution >= 4 is 11.7 Å². The Morgan fingerprint density at radius 2 is 1.96 bits per heavy atom. The monoisotopic (exact) mass is 367 g/mol. The van der Waals surface area contributed by atoms with Gasteiger partial charge in [0.05, 0.1) is 19.1 Å². The number of aliphatic hydroxyl groups is 1. The van der Waals surface area contributed by atoms with Crippen LogP contribution >= 0.6 is 0 Å². The van der Waals surface area contributed by atoms with Crippen molar-refractivity contribution in [2.45, 2.75) is 26.4 Å². The summed E-state index contributed by atoms with van der Waals surface area (Å²) in [6.45, 7) is 3.20. The van der Waals surface area contributed by atoms with Crippen LogP contribution in [-0.2, 0) is 13.0 Å². The number of urea groups is 1. The van der Waals surface area contributed by atoms with Crippen molar-refractivity contribution < 1.29 is 14.6 Å². The molecule has 6 heteroatoms. The fraction of sp³-hybridized carbons (Fsp3) is 0.333. The Balaban J connectivity index is 1.94. The van der Waals surface area contributed by atoms with Gasteiger partial charge in [-0.05, 0) is 41.8 Å². The van der Waals surface area contributed by atoms with E-state index in [9.17, 15) is 4.79 Å². The van der Waals surface area contributed by atoms with Crippen molar-refractivity contribution in [1.82, 2.24) is 4.90 Å². The van der Waals surface area contributed by atoms with Crippen molar-refractivity contribution in [3.63, 3.8) is 0 Å². The van der Waals surface area contributed by atoms with Crippen molar-refractivity contribution in [2.24, 2.45) is 0 Å². The number of nitriles is 1. The number of hydrogen-bond acceptors (Lipinski definition) is 4. The number of anilines is 1. The minimum Gasteiger partial charge on any atom is -0.489 e. The number of rotatable bonds is 9. The first-order valence-corrected chi connectivity index (χ1v) is 9.00. The molecule has 2 aromatic rings. The molecule has 2 aromatic carbocycles. The SMILES string of the molecule is CCCN(CCO)C(=O)Nc1cccc(COc2ccc(CC#N)cc2)c1. The number of ether oxygens (including phenoxy) is 1. The summed E-state index contributed by atoms with van der Waals surface area (Å²) in [6, 6.07) is 16.8. The molecule has 2 N–H and O–H groups in total. The summed E-state index contributed by atoms with van der Waals surface area (Å²) in [5, 5.41) is 20.7. The smallest absolute Gasteiger partial charge is 0.321 e. The maximum Gasteiger partial charge on any atom is 0.321 e. The van der Waals surface area contributed by atoms with Crippen LogP contribution in [0.3, 0.4) is 0 Å². The van der Waals surface area contributed by atoms with Gasteiger partial charge in [-0.1, -0.05) is 31.2 Å². The van der Waals surface area contributed by atoms with Gasteiger partial charge < -0.3 is 20.1 Å². The third-order valence-electron chi connectivity index (χ3n) is 3.94. The summed E-state index contributed by atoms with van der Waals surface area (Å²) in [6.07, 6.45) is 1.21. The molecule has 0 bridgehead atoms. The molecule has 0 fully saturated rings. The van der Waals surface area contributed by atoms with Gasteiger partial charge >= 0.3 is 6.03 Å². The number of hydrogen-bond donors (Lipinski definition) is 2. The van der Waals surface area contributed by atoms with E-state index in [0.717, 1.165) is 23.3 Å². The quantitative estimate of drug-likeness (QED) is 0.709. The molecular formula is C21H25N3O3. The van der Waals surface area contributed by atoms with E-state index < -0.39 is 0 Å². The van der Waals surface area contributed by atoms with E-state index in [1.54, 1.807) is 4.90 Å². The second-order valence-corrected chi connectivity index (χ2v) is 6.11. The van der Waals surface area contributed by atoms with Crippen molar-refractivity contribution in [2.75, 3.05) is 25.0 Å². The third kappa shape index (κ3) is 6.65. The molecule has 27 heavy (non-hydrogen) atoms. The minimum absolute atomic E-state index is 0.0611. The summed E-state index contributed by atoms with van der Waals surface area (Å²) < 4.78 is 5.77. The van der Waals surface area contributed by atoms with Crippen LogP contribution in [0.2, 0.25) is 0 Å². The van der Waals surface area contributed by atoms with Gasteiger partial charge in [-0.15, -0.1) is 0 Å². The van der Waals surface area contributed by atoms with E-state index in [2.05, 4.69) is 11.4 Å². The lowest BCUT2D eigenvalue weighted by atomic mass is 10.1. The second-order valence-electron chi connectivity index (χ2n) is 6.11. The Morgan fingerprint density at radius 3 is 2.63 bits per heavy atom. The lowest BCUT2D eigenvalue weighted by Gasteiger charge is -2.21. The van der Waals surface area contributed by atoms with Gasteiger partial charge in [-0.25, -0.2) is 4.79 Å². The molecule has 0 atom stereocenters. The molecule has 6 nitrogen and oxygen atoms in total. The van der Waals surface area contributed by atoms with Crippen LogP contribution in [-0.4, -0.2) is 35.7 Å². The van der Waals surface area contributed by atoms with Gasteiger partial charge in [0.15, 0.2) is 0 Å². The van der Waals surface area contributed by atoms with Crippen LogP contribution in [0.1, 0.15) is 24.5 Å². The Labute approximate surface area is 160 Å². The fourth-order valence-corrected chi connectivity index (χ4v) is 2.61. The van der Waals surface area contributed by atoms with E-state index in [1.165, 1.54) is 0 Å². The first-order chi connectivity index (χ1) is 13.2. The molecule has 0 aliphatic rings. The predicted octanol–water partition coefficient (Wildman–Crippen LogP) is 3.57. The van der Waals surface area contributed by atoms with Crippen LogP contribution in [0.5, 0.6) is 5.75 Å². The van der Waals surface area contributed by atoms with Crippen LogP contribution in [0.15, 0.2) is 48.5 Å². The maximum atomic E-state index is 12.3. The van der Waals surface area contributed by atoms with Crippen LogP contribution in [0, 0.1) is 11.3 Å². The van der Waals surface area contributed by atoms with Gasteiger partial charge in [-0.3, -0.25) is 0 Å². The van der Waals surface area contributed by atoms with Crippen molar-refractivity contribution in [1.29, 1.82) is 5.26 Å². The lowest BCUT2D eigenvalue weighted by Crippen LogP contribution is -2.37. The Bertz CT molecular complexity index is 763. The molecular weight excluding hydrogens is 342 g/mol. The zero-order valence-electron chi connectivity index (χ0n) is 15.5. The largest absolute Gasteiger partial charge is 0.489 e. The number of carbonyl (C=O) groups excluding carboxylic acids is 1. The first kappa shape index (κ1) is 20.3. The molecule has 0 aliphatic carbocycles. The van der Waals surface area contributed by atoms with E-state index in [4.69, 9.17) is 15.1 Å². The Kier molecular flexibility index (Phi) is 8.14. The number of nitrogens with one attached hydrogen (secondary N) is 1. The van der Waals surface area contributed by atoms with Gasteiger partial charge in [0.25, 0.3) is 0 Å². The van der Waals surface area contributed by atoms with Crippen LogP contribution in [0.4, 0.5) is 10.5 Å². The third-order valence-corrected chi connectivity index (χ3v) is 3.94. The Hall–Kier alpha value is -3.04. The summed E-state index contributed by atoms with van der Waals surface area (Å²) in [4.78, 5) is 13.9. The van der Waals surface area contributed by atoms with Crippen LogP contribution < -0.4 is 10.1 Å². The molecule has 2 rings (SSSR count). The number of carbonyl (C=O) groups is 1. The van der Waals surface area contributed by atoms with Crippen molar-refractivity contribution in [3.05, 3.63) is 59.7 Å². The van der Waals surface area contributed by atoms with Gasteiger partial charge in [0.1, 0.15) is 12.4 Å². The molecule has 0 radical (unpaired) electrons. The number of amides is 2. The second kappa shape index (κ2) is 10.8. The van der Waals surface area contributed by atoms with Gasteiger partial charge in [0, 0.05) is 18.8 Å². The Morgan fingerprint density at radius 1 is 1.19 bits per heavy atom. The number of nitrogens with zero attached hydrogens (tertiary/aromatic N) is 2. The maximum absolute atomic E-state index is 12.3. The predicted molar refractivity (Wildman–Crippen MR) is 105 cm³/mol. The topological polar surface area (TPSA) is 85.6 Å². The summed E-state index contributed by atoms with van der Waals surface area (Å²) >= 11 is 0. The molecule has 0 aliphatic heterocycles. The van der Waals surface area contributed by atoms with E-state index in [0.29, 0.717) is 31.8 Å². The minimum atomic E-state index is -0.225. The van der Waals surface area contributed by atoms with Gasteiger partial charge in [0.2, 0.25) is 0 Å². The zero-order chi connectivity index (χ0) is 19.5. The highest BCUT2D eigenvalue weighted by Gasteiger charge is 2.12. The standard InChI is InChI=1S/C21H25N3O3/c1-2-12-24(13-14-25)21(26)23-19-5-3-4-18(15-19)16-27-20-8-6-17(7-9-20)10-11-22/h3-9,15,25H,2,10,12-14,16H2,1H3,(H,23,26). The van der Waals surface area contributed by atoms with Gasteiger partial charge in [-0.2, -0.15) is 5.26 Å². The molecule has 0 heterocycles. The van der Waals surface area contributed by atoms with E-state index >= 15 is 0 Å². The van der Waals surface area contributed by atoms with Crippen LogP contribution in [0.25, 0.3) is 0 Å². The molecule has 0 saturated carbocycles. The molecule has 142 valence electrons. The van der Waals surface area contributed by atoms with Crippen molar-refractivity contribution in [3.8, 4) is 11.8 Å². The molecule has 0 unspecified atom stereocenters. The summed E-state index contributed by atoms with van der Waals surface area (Å²) in [5.74, 6) is 0.725. The lowest BCUT2D eigenvalue weighted by molar-refractivity contribution is 0.188. The summed E-state index contributed by atoms with van der Waals surface area (Å²) in [5.41, 5.74) is 2.57. The average molecular weight is 367 g/mol. The molecule has 2 amide bonds. The van der Waals surface area contributed by atoms with E-state index in [-0.39, 0.29) is 12.6 Å². The molecule has 0 saturated heterocycles. The highest BCUT2D eigenvalue weighted by Crippen LogP contribution is 2.17. The fourth-order valence-electron chi connectivity index (χ4n) is 2.61. The van der Waals surface area contributed by atoms with E-state index in [1.807, 2.05) is 55.5 Å². The number of benzene rings is 2.